The minimum absolute atomic E-state index is 0.00693. The second-order valence-corrected chi connectivity index (χ2v) is 6.50. The van der Waals surface area contributed by atoms with Crippen molar-refractivity contribution >= 4 is 10.0 Å². The summed E-state index contributed by atoms with van der Waals surface area (Å²) in [5.41, 5.74) is 0. The summed E-state index contributed by atoms with van der Waals surface area (Å²) in [6.07, 6.45) is 4.45. The molecule has 0 aromatic heterocycles. The van der Waals surface area contributed by atoms with Crippen LogP contribution >= 0.6 is 0 Å². The van der Waals surface area contributed by atoms with Crippen molar-refractivity contribution in [2.24, 2.45) is 0 Å². The van der Waals surface area contributed by atoms with E-state index in [-0.39, 0.29) is 18.8 Å². The number of hydrogen-bond acceptors (Lipinski definition) is 4. The molecule has 1 saturated heterocycles. The Morgan fingerprint density at radius 1 is 1.50 bits per heavy atom. The van der Waals surface area contributed by atoms with Crippen molar-refractivity contribution < 1.29 is 18.3 Å². The van der Waals surface area contributed by atoms with E-state index in [9.17, 15) is 8.42 Å². The molecular formula is C10H17NO4S. The van der Waals surface area contributed by atoms with Gasteiger partial charge in [-0.25, -0.2) is 12.7 Å². The number of aliphatic hydroxyl groups excluding tert-OH is 1. The summed E-state index contributed by atoms with van der Waals surface area (Å²) in [6.45, 7) is 0.365. The number of sulfonamides is 1. The smallest absolute Gasteiger partial charge is 0.219 e. The van der Waals surface area contributed by atoms with E-state index in [1.807, 2.05) is 12.2 Å². The average molecular weight is 247 g/mol. The summed E-state index contributed by atoms with van der Waals surface area (Å²) in [4.78, 5) is 0. The summed E-state index contributed by atoms with van der Waals surface area (Å²) in [5.74, 6) is 0. The van der Waals surface area contributed by atoms with E-state index in [0.29, 0.717) is 19.4 Å². The minimum atomic E-state index is -3.30. The van der Waals surface area contributed by atoms with E-state index in [1.54, 1.807) is 7.05 Å². The molecule has 2 aliphatic rings. The van der Waals surface area contributed by atoms with Crippen molar-refractivity contribution in [1.82, 2.24) is 4.31 Å². The Balaban J connectivity index is 2.05. The lowest BCUT2D eigenvalue weighted by Gasteiger charge is -2.23. The molecule has 16 heavy (non-hydrogen) atoms. The number of fused-ring (bicyclic) bond motifs is 2. The van der Waals surface area contributed by atoms with E-state index in [4.69, 9.17) is 9.84 Å². The van der Waals surface area contributed by atoms with Crippen LogP contribution in [0, 0.1) is 0 Å². The molecule has 0 amide bonds. The minimum Gasteiger partial charge on any atom is -0.396 e. The van der Waals surface area contributed by atoms with E-state index >= 15 is 0 Å². The van der Waals surface area contributed by atoms with Gasteiger partial charge in [0, 0.05) is 20.2 Å². The summed E-state index contributed by atoms with van der Waals surface area (Å²) in [5, 5.41) is 8.24. The van der Waals surface area contributed by atoms with Crippen LogP contribution in [0.5, 0.6) is 0 Å². The molecule has 2 bridgehead atoms. The molecule has 1 fully saturated rings. The van der Waals surface area contributed by atoms with Gasteiger partial charge in [-0.15, -0.1) is 0 Å². The fraction of sp³-hybridized carbons (Fsp3) is 0.800. The van der Waals surface area contributed by atoms with Crippen LogP contribution in [-0.4, -0.2) is 55.5 Å². The lowest BCUT2D eigenvalue weighted by Crippen LogP contribution is -2.40. The average Bonchev–Trinajstić information content (AvgIpc) is 2.87. The highest BCUT2D eigenvalue weighted by atomic mass is 32.2. The fourth-order valence-electron chi connectivity index (χ4n) is 2.18. The Hall–Kier alpha value is -0.430. The quantitative estimate of drug-likeness (QED) is 0.679. The third-order valence-electron chi connectivity index (χ3n) is 3.13. The second kappa shape index (κ2) is 4.44. The van der Waals surface area contributed by atoms with Gasteiger partial charge in [-0.05, 0) is 12.8 Å². The van der Waals surface area contributed by atoms with Gasteiger partial charge in [0.15, 0.2) is 0 Å². The molecule has 92 valence electrons. The number of hydrogen-bond donors (Lipinski definition) is 1. The van der Waals surface area contributed by atoms with Crippen molar-refractivity contribution in [3.05, 3.63) is 12.2 Å². The van der Waals surface area contributed by atoms with Crippen LogP contribution in [0.25, 0.3) is 0 Å². The molecule has 0 spiro atoms. The molecule has 6 heteroatoms. The number of ether oxygens (including phenoxy) is 1. The monoisotopic (exact) mass is 247 g/mol. The van der Waals surface area contributed by atoms with Crippen molar-refractivity contribution in [3.8, 4) is 0 Å². The summed E-state index contributed by atoms with van der Waals surface area (Å²) < 4.78 is 31.1. The van der Waals surface area contributed by atoms with Crippen LogP contribution in [0.15, 0.2) is 12.2 Å². The molecule has 3 unspecified atom stereocenters. The molecule has 0 aliphatic carbocycles. The highest BCUT2D eigenvalue weighted by Crippen LogP contribution is 2.34. The maximum absolute atomic E-state index is 12.2. The summed E-state index contributed by atoms with van der Waals surface area (Å²) >= 11 is 0. The standard InChI is InChI=1S/C10H17NO4S/c1-11(5-2-6-12)16(13,14)10-7-8-3-4-9(10)15-8/h3-4,8-10,12H,2,5-7H2,1H3. The van der Waals surface area contributed by atoms with Gasteiger partial charge < -0.3 is 9.84 Å². The molecule has 5 nitrogen and oxygen atoms in total. The van der Waals surface area contributed by atoms with Crippen molar-refractivity contribution in [2.75, 3.05) is 20.2 Å². The first kappa shape index (κ1) is 12.0. The van der Waals surface area contributed by atoms with Gasteiger partial charge in [0.05, 0.1) is 12.2 Å². The molecule has 0 saturated carbocycles. The van der Waals surface area contributed by atoms with E-state index in [0.717, 1.165) is 0 Å². The van der Waals surface area contributed by atoms with Crippen LogP contribution in [-0.2, 0) is 14.8 Å². The van der Waals surface area contributed by atoms with E-state index in [2.05, 4.69) is 0 Å². The van der Waals surface area contributed by atoms with Gasteiger partial charge >= 0.3 is 0 Å². The van der Waals surface area contributed by atoms with Gasteiger partial charge in [-0.3, -0.25) is 0 Å². The maximum atomic E-state index is 12.2. The van der Waals surface area contributed by atoms with Gasteiger partial charge in [0.1, 0.15) is 5.25 Å². The van der Waals surface area contributed by atoms with E-state index in [1.165, 1.54) is 4.31 Å². The zero-order chi connectivity index (χ0) is 11.8. The van der Waals surface area contributed by atoms with Gasteiger partial charge in [-0.2, -0.15) is 0 Å². The molecule has 1 N–H and O–H groups in total. The lowest BCUT2D eigenvalue weighted by molar-refractivity contribution is 0.121. The fourth-order valence-corrected chi connectivity index (χ4v) is 3.95. The first-order chi connectivity index (χ1) is 7.55. The predicted molar refractivity (Wildman–Crippen MR) is 59.5 cm³/mol. The molecule has 2 heterocycles. The molecule has 2 rings (SSSR count). The topological polar surface area (TPSA) is 66.8 Å². The lowest BCUT2D eigenvalue weighted by atomic mass is 10.1. The molecule has 2 aliphatic heterocycles. The first-order valence-corrected chi connectivity index (χ1v) is 6.96. The van der Waals surface area contributed by atoms with E-state index < -0.39 is 15.3 Å². The molecule has 0 radical (unpaired) electrons. The van der Waals surface area contributed by atoms with Crippen molar-refractivity contribution in [3.63, 3.8) is 0 Å². The largest absolute Gasteiger partial charge is 0.396 e. The second-order valence-electron chi connectivity index (χ2n) is 4.24. The Morgan fingerprint density at radius 2 is 2.25 bits per heavy atom. The molecule has 0 aromatic carbocycles. The predicted octanol–water partition coefficient (Wildman–Crippen LogP) is -0.274. The number of aliphatic hydroxyl groups is 1. The van der Waals surface area contributed by atoms with Gasteiger partial charge in [0.25, 0.3) is 0 Å². The van der Waals surface area contributed by atoms with Crippen LogP contribution < -0.4 is 0 Å². The maximum Gasteiger partial charge on any atom is 0.219 e. The van der Waals surface area contributed by atoms with Crippen molar-refractivity contribution in [2.45, 2.75) is 30.3 Å². The van der Waals surface area contributed by atoms with Crippen LogP contribution in [0.2, 0.25) is 0 Å². The highest BCUT2D eigenvalue weighted by molar-refractivity contribution is 7.89. The molecule has 3 atom stereocenters. The molecular weight excluding hydrogens is 230 g/mol. The Morgan fingerprint density at radius 3 is 2.75 bits per heavy atom. The van der Waals surface area contributed by atoms with Gasteiger partial charge in [0.2, 0.25) is 10.0 Å². The number of nitrogens with zero attached hydrogens (tertiary/aromatic N) is 1. The first-order valence-electron chi connectivity index (χ1n) is 5.45. The Labute approximate surface area is 95.8 Å². The third kappa shape index (κ3) is 2.02. The zero-order valence-electron chi connectivity index (χ0n) is 9.24. The highest BCUT2D eigenvalue weighted by Gasteiger charge is 2.45. The van der Waals surface area contributed by atoms with Crippen LogP contribution in [0.3, 0.4) is 0 Å². The Kier molecular flexibility index (Phi) is 3.34. The summed E-state index contributed by atoms with van der Waals surface area (Å²) in [7, 11) is -1.74. The normalized spacial score (nSPS) is 32.8. The van der Waals surface area contributed by atoms with Crippen molar-refractivity contribution in [1.29, 1.82) is 0 Å². The van der Waals surface area contributed by atoms with Crippen LogP contribution in [0.4, 0.5) is 0 Å². The zero-order valence-corrected chi connectivity index (χ0v) is 10.1. The third-order valence-corrected chi connectivity index (χ3v) is 5.40. The SMILES string of the molecule is CN(CCCO)S(=O)(=O)C1CC2C=CC1O2. The summed E-state index contributed by atoms with van der Waals surface area (Å²) in [6, 6.07) is 0. The number of rotatable bonds is 5. The van der Waals surface area contributed by atoms with Crippen LogP contribution in [0.1, 0.15) is 12.8 Å². The van der Waals surface area contributed by atoms with Gasteiger partial charge in [-0.1, -0.05) is 12.2 Å². The Bertz CT molecular complexity index is 378. The molecule has 0 aromatic rings.